The van der Waals surface area contributed by atoms with E-state index in [9.17, 15) is 9.36 Å². The number of benzene rings is 1. The summed E-state index contributed by atoms with van der Waals surface area (Å²) in [6.45, 7) is 16.7. The lowest BCUT2D eigenvalue weighted by atomic mass is 9.89. The van der Waals surface area contributed by atoms with E-state index in [0.717, 1.165) is 25.7 Å². The largest absolute Gasteiger partial charge is 0.462 e. The molecule has 8 heteroatoms. The monoisotopic (exact) mass is 620 g/mol. The molecule has 0 radical (unpaired) electrons. The molecule has 1 fully saturated rings. The zero-order valence-corrected chi connectivity index (χ0v) is 29.0. The minimum Gasteiger partial charge on any atom is -0.462 e. The molecule has 236 valence electrons. The second-order valence-corrected chi connectivity index (χ2v) is 21.3. The molecule has 0 saturated heterocycles. The molecule has 3 rings (SSSR count). The van der Waals surface area contributed by atoms with Gasteiger partial charge >= 0.3 is 5.97 Å². The van der Waals surface area contributed by atoms with Crippen LogP contribution in [0.5, 0.6) is 0 Å². The summed E-state index contributed by atoms with van der Waals surface area (Å²) in [5.74, 6) is -0.571. The van der Waals surface area contributed by atoms with Crippen LogP contribution in [0.1, 0.15) is 71.4 Å². The van der Waals surface area contributed by atoms with Crippen LogP contribution in [0.2, 0.25) is 18.1 Å². The van der Waals surface area contributed by atoms with Gasteiger partial charge in [-0.1, -0.05) is 69.3 Å². The van der Waals surface area contributed by atoms with Crippen molar-refractivity contribution in [1.29, 1.82) is 0 Å². The Bertz CT molecular complexity index is 1120. The molecule has 0 spiro atoms. The van der Waals surface area contributed by atoms with Gasteiger partial charge in [0.15, 0.2) is 15.7 Å². The number of hydrogen-bond donors (Lipinski definition) is 0. The third kappa shape index (κ3) is 9.74. The first-order valence-corrected chi connectivity index (χ1v) is 20.9. The maximum atomic E-state index is 15.6. The van der Waals surface area contributed by atoms with Gasteiger partial charge in [-0.25, -0.2) is 4.39 Å². The van der Waals surface area contributed by atoms with Gasteiger partial charge in [0, 0.05) is 38.0 Å². The van der Waals surface area contributed by atoms with Crippen LogP contribution in [0, 0.1) is 17.8 Å². The third-order valence-electron chi connectivity index (χ3n) is 9.38. The highest BCUT2D eigenvalue weighted by Gasteiger charge is 2.45. The zero-order chi connectivity index (χ0) is 31.1. The zero-order valence-electron chi connectivity index (χ0n) is 27.1. The summed E-state index contributed by atoms with van der Waals surface area (Å²) in [5, 5.41) is 0.0580. The molecule has 0 amide bonds. The van der Waals surface area contributed by atoms with Gasteiger partial charge in [0.05, 0.1) is 12.7 Å². The lowest BCUT2D eigenvalue weighted by Crippen LogP contribution is -2.45. The smallest absolute Gasteiger partial charge is 0.302 e. The van der Waals surface area contributed by atoms with Gasteiger partial charge in [-0.15, -0.1) is 0 Å². The summed E-state index contributed by atoms with van der Waals surface area (Å²) in [6, 6.07) is 8.61. The standard InChI is InChI=1S/C34H54FO5PSi/c1-9-38-41(6,37)21-15-11-10-12-18-30-29(31(35)24-33(30)39-25(2)36)19-20-32(40-42(7,8)34(3,4)5)28-22-26-16-13-14-17-27(26)23-28/h10,12-14,16-17,19-20,28-33H,9,11,15,18,21-24H2,1-8H3/t29-,30-,31+,32?,33+,41?/m1/s1. The molecule has 5 nitrogen and oxygen atoms in total. The van der Waals surface area contributed by atoms with E-state index in [0.29, 0.717) is 25.1 Å². The molecule has 0 heterocycles. The fourth-order valence-corrected chi connectivity index (χ4v) is 8.81. The fraction of sp³-hybridized carbons (Fsp3) is 0.676. The van der Waals surface area contributed by atoms with Crippen LogP contribution >= 0.6 is 7.37 Å². The van der Waals surface area contributed by atoms with Crippen LogP contribution in [0.4, 0.5) is 4.39 Å². The summed E-state index contributed by atoms with van der Waals surface area (Å²) in [7, 11) is -4.63. The molecule has 0 aliphatic heterocycles. The number of halogens is 1. The van der Waals surface area contributed by atoms with Crippen molar-refractivity contribution in [3.8, 4) is 0 Å². The van der Waals surface area contributed by atoms with Gasteiger partial charge in [0.25, 0.3) is 0 Å². The molecule has 2 unspecified atom stereocenters. The van der Waals surface area contributed by atoms with Gasteiger partial charge in [-0.2, -0.15) is 0 Å². The van der Waals surface area contributed by atoms with Crippen LogP contribution in [-0.2, 0) is 35.9 Å². The summed E-state index contributed by atoms with van der Waals surface area (Å²) in [4.78, 5) is 11.9. The number of alkyl halides is 1. The van der Waals surface area contributed by atoms with Crippen molar-refractivity contribution < 1.29 is 27.4 Å². The normalized spacial score (nSPS) is 25.6. The van der Waals surface area contributed by atoms with Crippen LogP contribution in [0.25, 0.3) is 0 Å². The molecule has 0 bridgehead atoms. The Balaban J connectivity index is 1.77. The van der Waals surface area contributed by atoms with Crippen LogP contribution in [-0.4, -0.2) is 52.1 Å². The molecular formula is C34H54FO5PSi. The van der Waals surface area contributed by atoms with Crippen molar-refractivity contribution >= 4 is 21.7 Å². The average molecular weight is 621 g/mol. The molecule has 1 saturated carbocycles. The number of allylic oxidation sites excluding steroid dienone is 3. The van der Waals surface area contributed by atoms with Gasteiger partial charge in [-0.3, -0.25) is 9.36 Å². The number of rotatable bonds is 14. The Kier molecular flexibility index (Phi) is 12.5. The highest BCUT2D eigenvalue weighted by molar-refractivity contribution is 7.58. The van der Waals surface area contributed by atoms with Gasteiger partial charge in [0.1, 0.15) is 12.3 Å². The second kappa shape index (κ2) is 15.0. The quantitative estimate of drug-likeness (QED) is 0.0683. The van der Waals surface area contributed by atoms with E-state index in [1.54, 1.807) is 6.66 Å². The predicted molar refractivity (Wildman–Crippen MR) is 174 cm³/mol. The van der Waals surface area contributed by atoms with Crippen molar-refractivity contribution in [3.05, 3.63) is 59.7 Å². The number of unbranched alkanes of at least 4 members (excludes halogenated alkanes) is 1. The molecule has 42 heavy (non-hydrogen) atoms. The third-order valence-corrected chi connectivity index (χ3v) is 15.8. The Morgan fingerprint density at radius 2 is 1.81 bits per heavy atom. The van der Waals surface area contributed by atoms with E-state index in [-0.39, 0.29) is 35.4 Å². The lowest BCUT2D eigenvalue weighted by molar-refractivity contribution is -0.148. The van der Waals surface area contributed by atoms with E-state index < -0.39 is 28.0 Å². The lowest BCUT2D eigenvalue weighted by Gasteiger charge is -2.40. The molecule has 2 aliphatic carbocycles. The first-order chi connectivity index (χ1) is 19.6. The van der Waals surface area contributed by atoms with Crippen molar-refractivity contribution in [1.82, 2.24) is 0 Å². The Hall–Kier alpha value is -1.53. The van der Waals surface area contributed by atoms with Crippen LogP contribution in [0.15, 0.2) is 48.6 Å². The average Bonchev–Trinajstić information content (AvgIpc) is 3.43. The van der Waals surface area contributed by atoms with E-state index >= 15 is 4.39 Å². The number of ether oxygens (including phenoxy) is 1. The molecule has 1 aromatic carbocycles. The minimum absolute atomic E-state index is 0.0580. The number of hydrogen-bond acceptors (Lipinski definition) is 5. The number of carbonyl (C=O) groups is 1. The molecule has 6 atom stereocenters. The van der Waals surface area contributed by atoms with E-state index in [1.807, 2.05) is 13.0 Å². The van der Waals surface area contributed by atoms with E-state index in [2.05, 4.69) is 76.4 Å². The molecule has 0 N–H and O–H groups in total. The summed E-state index contributed by atoms with van der Waals surface area (Å²) >= 11 is 0. The Labute approximate surface area is 255 Å². The van der Waals surface area contributed by atoms with Gasteiger partial charge < -0.3 is 13.7 Å². The second-order valence-electron chi connectivity index (χ2n) is 13.8. The summed E-state index contributed by atoms with van der Waals surface area (Å²) in [5.41, 5.74) is 2.75. The SMILES string of the molecule is CCOP(C)(=O)CCCC=CC[C@@H]1[C@@H](C=CC(O[Si](C)(C)C(C)(C)C)C2Cc3ccccc3C2)[C@@H](F)C[C@@H]1OC(C)=O. The highest BCUT2D eigenvalue weighted by atomic mass is 31.2. The Morgan fingerprint density at radius 1 is 1.17 bits per heavy atom. The van der Waals surface area contributed by atoms with Crippen LogP contribution < -0.4 is 0 Å². The van der Waals surface area contributed by atoms with Gasteiger partial charge in [-0.05, 0) is 74.2 Å². The van der Waals surface area contributed by atoms with Crippen molar-refractivity contribution in [2.45, 2.75) is 110 Å². The molecule has 1 aromatic rings. The first-order valence-electron chi connectivity index (χ1n) is 15.7. The molecule has 0 aromatic heterocycles. The molecule has 2 aliphatic rings. The van der Waals surface area contributed by atoms with Crippen molar-refractivity contribution in [2.24, 2.45) is 17.8 Å². The number of fused-ring (bicyclic) bond motifs is 1. The van der Waals surface area contributed by atoms with Gasteiger partial charge in [0.2, 0.25) is 0 Å². The first kappa shape index (κ1) is 35.0. The van der Waals surface area contributed by atoms with Crippen LogP contribution in [0.3, 0.4) is 0 Å². The Morgan fingerprint density at radius 3 is 2.38 bits per heavy atom. The van der Waals surface area contributed by atoms with Crippen molar-refractivity contribution in [3.63, 3.8) is 0 Å². The minimum atomic E-state index is -2.54. The number of esters is 1. The topological polar surface area (TPSA) is 61.8 Å². The summed E-state index contributed by atoms with van der Waals surface area (Å²) in [6.07, 6.45) is 11.5. The maximum absolute atomic E-state index is 15.6. The van der Waals surface area contributed by atoms with Crippen molar-refractivity contribution in [2.75, 3.05) is 19.4 Å². The van der Waals surface area contributed by atoms with E-state index in [4.69, 9.17) is 13.7 Å². The summed E-state index contributed by atoms with van der Waals surface area (Å²) < 4.78 is 46.0. The maximum Gasteiger partial charge on any atom is 0.302 e. The van der Waals surface area contributed by atoms with E-state index in [1.165, 1.54) is 18.1 Å². The molecular weight excluding hydrogens is 566 g/mol. The number of carbonyl (C=O) groups excluding carboxylic acids is 1. The predicted octanol–water partition coefficient (Wildman–Crippen LogP) is 8.92. The highest BCUT2D eigenvalue weighted by Crippen LogP contribution is 2.44. The fourth-order valence-electron chi connectivity index (χ4n) is 6.07.